The Hall–Kier alpha value is -0.0238. The summed E-state index contributed by atoms with van der Waals surface area (Å²) in [6.45, 7) is 0. The molecule has 0 N–H and O–H groups in total. The first-order valence-corrected chi connectivity index (χ1v) is 2.80. The number of hydrogen-bond acceptors (Lipinski definition) is 6. The number of aldehydes is 2. The van der Waals surface area contributed by atoms with Crippen LogP contribution in [-0.4, -0.2) is 53.1 Å². The normalized spacial score (nSPS) is 7.80. The van der Waals surface area contributed by atoms with E-state index in [0.29, 0.717) is 0 Å². The maximum absolute atomic E-state index is 8.81. The van der Waals surface area contributed by atoms with Crippen LogP contribution >= 0.6 is 0 Å². The molecule has 0 rings (SSSR count). The van der Waals surface area contributed by atoms with Gasteiger partial charge in [-0.2, -0.15) is 0 Å². The van der Waals surface area contributed by atoms with E-state index < -0.39 is 10.4 Å². The molecule has 10 heavy (non-hydrogen) atoms. The first kappa shape index (κ1) is 16.5. The molecular weight excluding hydrogens is 176 g/mol. The van der Waals surface area contributed by atoms with Crippen LogP contribution in [0.3, 0.4) is 0 Å². The van der Waals surface area contributed by atoms with Crippen LogP contribution < -0.4 is 0 Å². The second-order valence-corrected chi connectivity index (χ2v) is 1.50. The number of carbonyl (C=O) groups is 2. The molecule has 0 atom stereocenters. The summed E-state index contributed by atoms with van der Waals surface area (Å²) in [5.41, 5.74) is 0. The van der Waals surface area contributed by atoms with Crippen LogP contribution in [0.4, 0.5) is 0 Å². The Balaban J connectivity index is -0.0000000910. The van der Waals surface area contributed by atoms with Gasteiger partial charge in [-0.15, -0.1) is 0 Å². The largest absolute Gasteiger partial charge is 2.00 e. The van der Waals surface area contributed by atoms with Crippen molar-refractivity contribution < 1.29 is 27.1 Å². The molecule has 0 aliphatic rings. The van der Waals surface area contributed by atoms with Gasteiger partial charge in [-0.05, 0) is 0 Å². The summed E-state index contributed by atoms with van der Waals surface area (Å²) in [6, 6.07) is 0. The van der Waals surface area contributed by atoms with Crippen LogP contribution in [0.5, 0.6) is 0 Å². The molecule has 0 aliphatic carbocycles. The van der Waals surface area contributed by atoms with Crippen molar-refractivity contribution in [3.8, 4) is 0 Å². The van der Waals surface area contributed by atoms with Crippen LogP contribution in [0, 0.1) is 0 Å². The Bertz CT molecular complexity index is 156. The van der Waals surface area contributed by atoms with E-state index in [-0.39, 0.29) is 35.6 Å². The Morgan fingerprint density at radius 3 is 1.10 bits per heavy atom. The van der Waals surface area contributed by atoms with E-state index in [1.54, 1.807) is 0 Å². The fraction of sp³-hybridized carbons (Fsp3) is 0. The first-order valence-electron chi connectivity index (χ1n) is 1.47. The predicted octanol–water partition coefficient (Wildman–Crippen LogP) is -2.33. The molecule has 0 aromatic carbocycles. The van der Waals surface area contributed by atoms with Crippen molar-refractivity contribution >= 4 is 46.0 Å². The van der Waals surface area contributed by atoms with Crippen molar-refractivity contribution in [3.63, 3.8) is 0 Å². The minimum Gasteiger partial charge on any atom is -0.759 e. The monoisotopic (exact) mass is 178 g/mol. The number of hydrogen-bond donors (Lipinski definition) is 0. The van der Waals surface area contributed by atoms with E-state index in [2.05, 4.69) is 0 Å². The smallest absolute Gasteiger partial charge is 0.759 e. The summed E-state index contributed by atoms with van der Waals surface area (Å²) in [5.74, 6) is 0. The van der Waals surface area contributed by atoms with Gasteiger partial charge >= 0.3 is 23.1 Å². The second kappa shape index (κ2) is 8.98. The molecule has 0 aromatic heterocycles. The summed E-state index contributed by atoms with van der Waals surface area (Å²) in [7, 11) is -5.17. The van der Waals surface area contributed by atoms with Crippen molar-refractivity contribution in [2.75, 3.05) is 0 Å². The van der Waals surface area contributed by atoms with Gasteiger partial charge in [-0.25, -0.2) is 0 Å². The van der Waals surface area contributed by atoms with Crippen molar-refractivity contribution in [3.05, 3.63) is 0 Å². The van der Waals surface area contributed by atoms with Crippen LogP contribution in [0.25, 0.3) is 0 Å². The molecule has 0 saturated carbocycles. The van der Waals surface area contributed by atoms with E-state index in [1.807, 2.05) is 0 Å². The van der Waals surface area contributed by atoms with Crippen LogP contribution in [0.1, 0.15) is 0 Å². The molecule has 0 fully saturated rings. The first-order chi connectivity index (χ1) is 3.91. The average Bonchev–Trinajstić information content (AvgIpc) is 1.61. The molecule has 6 nitrogen and oxygen atoms in total. The van der Waals surface area contributed by atoms with E-state index in [1.165, 1.54) is 0 Å². The zero-order valence-electron chi connectivity index (χ0n) is 4.72. The molecular formula is C2H2MgO6S. The van der Waals surface area contributed by atoms with Crippen molar-refractivity contribution in [1.29, 1.82) is 0 Å². The van der Waals surface area contributed by atoms with Gasteiger partial charge in [0.05, 0.1) is 0 Å². The molecule has 54 valence electrons. The van der Waals surface area contributed by atoms with Gasteiger partial charge in [0, 0.05) is 10.4 Å². The van der Waals surface area contributed by atoms with Gasteiger partial charge in [0.2, 0.25) is 0 Å². The van der Waals surface area contributed by atoms with Crippen LogP contribution in [-0.2, 0) is 20.0 Å². The standard InChI is InChI=1S/C2H2O2.Mg.H2O4S/c3-1-2-4;;1-5(2,3)4/h1-2H;;(H2,1,2,3,4)/q;+2;/p-2. The summed E-state index contributed by atoms with van der Waals surface area (Å²) < 4.78 is 34.1. The van der Waals surface area contributed by atoms with Gasteiger partial charge in [0.25, 0.3) is 0 Å². The third-order valence-electron chi connectivity index (χ3n) is 0.0556. The summed E-state index contributed by atoms with van der Waals surface area (Å²) in [5, 5.41) is 0. The summed E-state index contributed by atoms with van der Waals surface area (Å²) in [4.78, 5) is 17.6. The zero-order chi connectivity index (χ0) is 7.91. The molecule has 0 aromatic rings. The quantitative estimate of drug-likeness (QED) is 0.146. The van der Waals surface area contributed by atoms with Gasteiger partial charge in [-0.1, -0.05) is 0 Å². The predicted molar refractivity (Wildman–Crippen MR) is 28.4 cm³/mol. The molecule has 0 unspecified atom stereocenters. The van der Waals surface area contributed by atoms with Crippen molar-refractivity contribution in [1.82, 2.24) is 0 Å². The fourth-order valence-corrected chi connectivity index (χ4v) is 0. The maximum Gasteiger partial charge on any atom is 2.00 e. The number of rotatable bonds is 1. The topological polar surface area (TPSA) is 114 Å². The second-order valence-electron chi connectivity index (χ2n) is 0.680. The van der Waals surface area contributed by atoms with Gasteiger partial charge in [-0.3, -0.25) is 18.0 Å². The third-order valence-corrected chi connectivity index (χ3v) is 0.0556. The maximum atomic E-state index is 8.81. The average molecular weight is 178 g/mol. The van der Waals surface area contributed by atoms with Crippen LogP contribution in [0.15, 0.2) is 0 Å². The van der Waals surface area contributed by atoms with E-state index in [9.17, 15) is 0 Å². The fourth-order valence-electron chi connectivity index (χ4n) is 0. The SMILES string of the molecule is O=CC=O.O=S(=O)([O-])[O-].[Mg+2]. The van der Waals surface area contributed by atoms with E-state index in [4.69, 9.17) is 27.1 Å². The van der Waals surface area contributed by atoms with Gasteiger partial charge in [0.15, 0.2) is 12.6 Å². The summed E-state index contributed by atoms with van der Waals surface area (Å²) >= 11 is 0. The molecule has 0 radical (unpaired) electrons. The molecule has 0 bridgehead atoms. The Morgan fingerprint density at radius 1 is 1.00 bits per heavy atom. The molecule has 0 amide bonds. The van der Waals surface area contributed by atoms with Gasteiger partial charge in [0.1, 0.15) is 0 Å². The van der Waals surface area contributed by atoms with E-state index >= 15 is 0 Å². The van der Waals surface area contributed by atoms with Crippen LogP contribution in [0.2, 0.25) is 0 Å². The van der Waals surface area contributed by atoms with Crippen molar-refractivity contribution in [2.45, 2.75) is 0 Å². The molecule has 0 heterocycles. The molecule has 0 spiro atoms. The zero-order valence-corrected chi connectivity index (χ0v) is 6.95. The molecule has 0 saturated heterocycles. The Labute approximate surface area is 73.3 Å². The summed E-state index contributed by atoms with van der Waals surface area (Å²) in [6.07, 6.45) is 0.389. The Morgan fingerprint density at radius 2 is 1.10 bits per heavy atom. The van der Waals surface area contributed by atoms with E-state index in [0.717, 1.165) is 0 Å². The number of carbonyl (C=O) groups excluding carboxylic acids is 2. The van der Waals surface area contributed by atoms with Crippen molar-refractivity contribution in [2.24, 2.45) is 0 Å². The van der Waals surface area contributed by atoms with Gasteiger partial charge < -0.3 is 9.11 Å². The third kappa shape index (κ3) is 407. The molecule has 0 aliphatic heterocycles. The molecule has 8 heteroatoms. The Kier molecular flexibility index (Phi) is 14.8. The minimum absolute atomic E-state index is 0. The minimum atomic E-state index is -5.17.